The molecular formula is C48H83N13O15. The van der Waals surface area contributed by atoms with Crippen molar-refractivity contribution in [1.29, 1.82) is 0 Å². The molecule has 0 aliphatic carbocycles. The second-order valence-corrected chi connectivity index (χ2v) is 20.4. The smallest absolute Gasteiger partial charge is 0.326 e. The number of carbonyl (C=O) groups is 12. The molecule has 0 saturated carbocycles. The molecule has 76 heavy (non-hydrogen) atoms. The maximum Gasteiger partial charge on any atom is 0.326 e. The summed E-state index contributed by atoms with van der Waals surface area (Å²) in [7, 11) is 0. The van der Waals surface area contributed by atoms with E-state index in [4.69, 9.17) is 22.9 Å². The quantitative estimate of drug-likeness (QED) is 0.0273. The lowest BCUT2D eigenvalue weighted by Gasteiger charge is -2.34. The number of likely N-dealkylation sites (tertiary alicyclic amines) is 2. The van der Waals surface area contributed by atoms with Crippen LogP contribution in [0.1, 0.15) is 119 Å². The number of aliphatic carboxylic acids is 1. The second kappa shape index (κ2) is 32.2. The van der Waals surface area contributed by atoms with Gasteiger partial charge in [-0.15, -0.1) is 0 Å². The first kappa shape index (κ1) is 65.6. The Kier molecular flexibility index (Phi) is 27.7. The minimum Gasteiger partial charge on any atom is -0.480 e. The van der Waals surface area contributed by atoms with Crippen LogP contribution in [-0.2, 0) is 57.5 Å². The molecule has 0 radical (unpaired) electrons. The van der Waals surface area contributed by atoms with Gasteiger partial charge in [-0.3, -0.25) is 52.7 Å². The number of amides is 11. The Morgan fingerprint density at radius 3 is 1.47 bits per heavy atom. The number of carboxylic acids is 1. The van der Waals surface area contributed by atoms with Crippen molar-refractivity contribution in [2.45, 2.75) is 179 Å². The minimum atomic E-state index is -1.70. The number of nitrogens with one attached hydrogen (secondary N) is 7. The molecule has 0 unspecified atom stereocenters. The van der Waals surface area contributed by atoms with Crippen molar-refractivity contribution < 1.29 is 72.9 Å². The lowest BCUT2D eigenvalue weighted by Crippen LogP contribution is -2.61. The standard InChI is InChI=1S/C48H83N13O15/c1-24(2)21-31(46(73)60-19-9-13-34(60)44(71)59-38(26(5)6)47(74)61-20-10-12-33(61)43(70)55-30(48(75)76)15-17-36(52)65)56-45(72)37(25(3)4)58-41(68)28(11-7-8-18-49)54-42(69)32(23-63)57-40(67)29(14-16-35(51)64)53-39(66)27(50)22-62/h24-34,37-38,62-63H,7-23,49-50H2,1-6H3,(H2,51,64)(H2,52,65)(H,53,66)(H,54,69)(H,55,70)(H,56,72)(H,57,67)(H,58,68)(H,59,71)(H,75,76)/t27-,28-,29-,30-,31-,32-,33-,34-,37-,38-/m0/s1. The van der Waals surface area contributed by atoms with Crippen LogP contribution in [0, 0.1) is 17.8 Å². The number of rotatable bonds is 33. The molecule has 0 aromatic carbocycles. The lowest BCUT2D eigenvalue weighted by atomic mass is 9.98. The zero-order chi connectivity index (χ0) is 57.6. The van der Waals surface area contributed by atoms with Gasteiger partial charge in [0.2, 0.25) is 65.0 Å². The summed E-state index contributed by atoms with van der Waals surface area (Å²) >= 11 is 0. The summed E-state index contributed by atoms with van der Waals surface area (Å²) in [5.74, 6) is -11.5. The first-order chi connectivity index (χ1) is 35.7. The van der Waals surface area contributed by atoms with E-state index in [1.54, 1.807) is 27.7 Å². The van der Waals surface area contributed by atoms with Crippen LogP contribution in [0.25, 0.3) is 0 Å². The van der Waals surface area contributed by atoms with Crippen molar-refractivity contribution in [1.82, 2.24) is 47.0 Å². The number of primary amides is 2. The molecule has 28 nitrogen and oxygen atoms in total. The highest BCUT2D eigenvalue weighted by molar-refractivity contribution is 5.99. The Hall–Kier alpha value is -6.52. The Morgan fingerprint density at radius 1 is 0.526 bits per heavy atom. The third-order valence-electron chi connectivity index (χ3n) is 13.0. The van der Waals surface area contributed by atoms with Gasteiger partial charge in [0, 0.05) is 25.9 Å². The van der Waals surface area contributed by atoms with Gasteiger partial charge in [-0.05, 0) is 88.5 Å². The highest BCUT2D eigenvalue weighted by Gasteiger charge is 2.44. The van der Waals surface area contributed by atoms with Crippen molar-refractivity contribution in [3.8, 4) is 0 Å². The number of hydrogen-bond donors (Lipinski definition) is 14. The van der Waals surface area contributed by atoms with Gasteiger partial charge < -0.3 is 85.3 Å². The third kappa shape index (κ3) is 20.5. The highest BCUT2D eigenvalue weighted by Crippen LogP contribution is 2.24. The average molecular weight is 1080 g/mol. The molecule has 0 bridgehead atoms. The molecule has 2 fully saturated rings. The van der Waals surface area contributed by atoms with E-state index in [1.807, 2.05) is 13.8 Å². The van der Waals surface area contributed by atoms with Crippen LogP contribution in [0.3, 0.4) is 0 Å². The summed E-state index contributed by atoms with van der Waals surface area (Å²) in [4.78, 5) is 161. The van der Waals surface area contributed by atoms with Gasteiger partial charge in [0.1, 0.15) is 60.4 Å². The van der Waals surface area contributed by atoms with E-state index in [9.17, 15) is 72.9 Å². The zero-order valence-corrected chi connectivity index (χ0v) is 44.5. The van der Waals surface area contributed by atoms with Gasteiger partial charge in [0.05, 0.1) is 13.2 Å². The molecule has 2 rings (SSSR count). The van der Waals surface area contributed by atoms with Crippen LogP contribution in [0.2, 0.25) is 0 Å². The van der Waals surface area contributed by atoms with Crippen LogP contribution < -0.4 is 60.2 Å². The minimum absolute atomic E-state index is 0.0133. The van der Waals surface area contributed by atoms with Gasteiger partial charge in [0.15, 0.2) is 0 Å². The van der Waals surface area contributed by atoms with E-state index in [1.165, 1.54) is 9.80 Å². The Morgan fingerprint density at radius 2 is 0.987 bits per heavy atom. The van der Waals surface area contributed by atoms with Crippen LogP contribution in [0.15, 0.2) is 0 Å². The third-order valence-corrected chi connectivity index (χ3v) is 13.0. The average Bonchev–Trinajstić information content (AvgIpc) is 4.06. The first-order valence-electron chi connectivity index (χ1n) is 25.9. The number of nitrogens with zero attached hydrogens (tertiary/aromatic N) is 2. The Bertz CT molecular complexity index is 2060. The van der Waals surface area contributed by atoms with Crippen LogP contribution in [0.4, 0.5) is 0 Å². The maximum absolute atomic E-state index is 14.5. The van der Waals surface area contributed by atoms with Gasteiger partial charge in [-0.2, -0.15) is 0 Å². The summed E-state index contributed by atoms with van der Waals surface area (Å²) < 4.78 is 0. The number of unbranched alkanes of at least 4 members (excludes halogenated alkanes) is 1. The van der Waals surface area contributed by atoms with Gasteiger partial charge >= 0.3 is 5.97 Å². The molecule has 0 aromatic rings. The van der Waals surface area contributed by atoms with Gasteiger partial charge in [0.25, 0.3) is 0 Å². The van der Waals surface area contributed by atoms with E-state index >= 15 is 0 Å². The molecule has 2 saturated heterocycles. The topological polar surface area (TPSA) is 460 Å². The van der Waals surface area contributed by atoms with Crippen molar-refractivity contribution >= 4 is 70.9 Å². The molecule has 2 aliphatic rings. The fraction of sp³-hybridized carbons (Fsp3) is 0.750. The molecule has 2 heterocycles. The molecule has 0 spiro atoms. The van der Waals surface area contributed by atoms with Crippen LogP contribution in [-0.4, -0.2) is 189 Å². The summed E-state index contributed by atoms with van der Waals surface area (Å²) in [5.41, 5.74) is 21.6. The largest absolute Gasteiger partial charge is 0.480 e. The van der Waals surface area contributed by atoms with Crippen LogP contribution >= 0.6 is 0 Å². The first-order valence-corrected chi connectivity index (χ1v) is 25.9. The van der Waals surface area contributed by atoms with Crippen molar-refractivity contribution in [3.05, 3.63) is 0 Å². The Labute approximate surface area is 442 Å². The molecule has 430 valence electrons. The van der Waals surface area contributed by atoms with Crippen LogP contribution in [0.5, 0.6) is 0 Å². The second-order valence-electron chi connectivity index (χ2n) is 20.4. The van der Waals surface area contributed by atoms with E-state index < -0.39 is 156 Å². The Balaban J connectivity index is 2.30. The number of nitrogens with two attached hydrogens (primary N) is 4. The lowest BCUT2D eigenvalue weighted by molar-refractivity contribution is -0.146. The number of aliphatic hydroxyl groups excluding tert-OH is 2. The molecule has 0 aromatic heterocycles. The number of carbonyl (C=O) groups excluding carboxylic acids is 11. The predicted octanol–water partition coefficient (Wildman–Crippen LogP) is -5.22. The summed E-state index contributed by atoms with van der Waals surface area (Å²) in [6, 6.07) is -13.2. The number of hydrogen-bond acceptors (Lipinski definition) is 16. The molecular weight excluding hydrogens is 999 g/mol. The van der Waals surface area contributed by atoms with E-state index in [0.29, 0.717) is 25.7 Å². The molecule has 2 aliphatic heterocycles. The summed E-state index contributed by atoms with van der Waals surface area (Å²) in [6.45, 7) is 9.01. The zero-order valence-electron chi connectivity index (χ0n) is 44.5. The highest BCUT2D eigenvalue weighted by atomic mass is 16.4. The summed E-state index contributed by atoms with van der Waals surface area (Å²) in [5, 5.41) is 46.7. The number of carboxylic acid groups (broad SMARTS) is 1. The molecule has 28 heteroatoms. The van der Waals surface area contributed by atoms with E-state index in [2.05, 4.69) is 37.2 Å². The van der Waals surface area contributed by atoms with Crippen molar-refractivity contribution in [2.24, 2.45) is 40.7 Å². The fourth-order valence-electron chi connectivity index (χ4n) is 8.72. The van der Waals surface area contributed by atoms with Gasteiger partial charge in [-0.1, -0.05) is 41.5 Å². The molecule has 11 amide bonds. The predicted molar refractivity (Wildman–Crippen MR) is 272 cm³/mol. The monoisotopic (exact) mass is 1080 g/mol. The van der Waals surface area contributed by atoms with Crippen molar-refractivity contribution in [2.75, 3.05) is 32.8 Å². The summed E-state index contributed by atoms with van der Waals surface area (Å²) in [6.07, 6.45) is 0.795. The fourth-order valence-corrected chi connectivity index (χ4v) is 8.72. The maximum atomic E-state index is 14.5. The van der Waals surface area contributed by atoms with E-state index in [-0.39, 0.29) is 76.9 Å². The van der Waals surface area contributed by atoms with E-state index in [0.717, 1.165) is 0 Å². The molecule has 10 atom stereocenters. The van der Waals surface area contributed by atoms with Crippen molar-refractivity contribution in [3.63, 3.8) is 0 Å². The number of aliphatic hydroxyl groups is 2. The molecule has 18 N–H and O–H groups in total. The normalized spacial score (nSPS) is 18.5. The SMILES string of the molecule is CC(C)C[C@H](NC(=O)[C@@H](NC(=O)[C@H](CCCCN)NC(=O)[C@H](CO)NC(=O)[C@H](CCC(N)=O)NC(=O)[C@@H](N)CO)C(C)C)C(=O)N1CCC[C@H]1C(=O)N[C@H](C(=O)N1CCC[C@H]1C(=O)N[C@@H](CCC(N)=O)C(=O)O)C(C)C. The van der Waals surface area contributed by atoms with Gasteiger partial charge in [-0.25, -0.2) is 4.79 Å².